The molecule has 3 fully saturated rings. The van der Waals surface area contributed by atoms with Gasteiger partial charge in [0.1, 0.15) is 0 Å². The van der Waals surface area contributed by atoms with Crippen LogP contribution in [0.15, 0.2) is 24.3 Å². The number of rotatable bonds is 6. The van der Waals surface area contributed by atoms with E-state index in [2.05, 4.69) is 29.0 Å². The maximum Gasteiger partial charge on any atom is 0.251 e. The van der Waals surface area contributed by atoms with Gasteiger partial charge in [-0.2, -0.15) is 0 Å². The van der Waals surface area contributed by atoms with E-state index in [-0.39, 0.29) is 17.9 Å². The van der Waals surface area contributed by atoms with Crippen molar-refractivity contribution in [2.45, 2.75) is 57.5 Å². The molecule has 0 spiro atoms. The lowest BCUT2D eigenvalue weighted by Gasteiger charge is -2.43. The van der Waals surface area contributed by atoms with Gasteiger partial charge in [-0.3, -0.25) is 19.4 Å². The van der Waals surface area contributed by atoms with Gasteiger partial charge in [0, 0.05) is 56.9 Å². The first kappa shape index (κ1) is 21.3. The molecule has 1 atom stereocenters. The van der Waals surface area contributed by atoms with Gasteiger partial charge in [-0.1, -0.05) is 32.4 Å². The van der Waals surface area contributed by atoms with Crippen LogP contribution in [-0.4, -0.2) is 84.4 Å². The average molecular weight is 413 g/mol. The van der Waals surface area contributed by atoms with Crippen LogP contribution in [0.5, 0.6) is 0 Å². The van der Waals surface area contributed by atoms with Gasteiger partial charge in [0.05, 0.1) is 6.54 Å². The number of hydrogen-bond donors (Lipinski definition) is 1. The average Bonchev–Trinajstić information content (AvgIpc) is 3.14. The molecule has 1 unspecified atom stereocenters. The van der Waals surface area contributed by atoms with Crippen LogP contribution < -0.4 is 5.32 Å². The van der Waals surface area contributed by atoms with Crippen molar-refractivity contribution in [3.8, 4) is 0 Å². The molecule has 3 aliphatic rings. The Labute approximate surface area is 180 Å². The Balaban J connectivity index is 1.19. The second-order valence-corrected chi connectivity index (χ2v) is 9.47. The minimum Gasteiger partial charge on any atom is -0.348 e. The Morgan fingerprint density at radius 2 is 1.70 bits per heavy atom. The highest BCUT2D eigenvalue weighted by Gasteiger charge is 2.31. The number of benzene rings is 1. The minimum absolute atomic E-state index is 0.0180. The summed E-state index contributed by atoms with van der Waals surface area (Å²) in [7, 11) is 0. The zero-order valence-electron chi connectivity index (χ0n) is 18.5. The molecule has 2 saturated heterocycles. The fourth-order valence-corrected chi connectivity index (χ4v) is 4.76. The first-order valence-corrected chi connectivity index (χ1v) is 11.6. The number of likely N-dealkylation sites (tertiary alicyclic amines) is 1. The lowest BCUT2D eigenvalue weighted by molar-refractivity contribution is -0.134. The van der Waals surface area contributed by atoms with Crippen molar-refractivity contribution in [1.82, 2.24) is 20.0 Å². The third-order valence-corrected chi connectivity index (χ3v) is 7.06. The van der Waals surface area contributed by atoms with Crippen LogP contribution >= 0.6 is 0 Å². The smallest absolute Gasteiger partial charge is 0.251 e. The summed E-state index contributed by atoms with van der Waals surface area (Å²) in [5, 5.41) is 3.15. The molecular weight excluding hydrogens is 376 g/mol. The van der Waals surface area contributed by atoms with Gasteiger partial charge in [0.15, 0.2) is 0 Å². The van der Waals surface area contributed by atoms with E-state index in [1.807, 2.05) is 29.2 Å². The van der Waals surface area contributed by atoms with Crippen LogP contribution in [0.4, 0.5) is 0 Å². The van der Waals surface area contributed by atoms with Crippen molar-refractivity contribution < 1.29 is 9.59 Å². The molecule has 4 rings (SSSR count). The number of carbonyl (C=O) groups is 2. The highest BCUT2D eigenvalue weighted by Crippen LogP contribution is 2.25. The lowest BCUT2D eigenvalue weighted by Crippen LogP contribution is -2.55. The number of nitrogens with one attached hydrogen (secondary N) is 1. The Hall–Kier alpha value is -1.92. The normalized spacial score (nSPS) is 23.6. The Bertz CT molecular complexity index is 736. The fraction of sp³-hybridized carbons (Fsp3) is 0.667. The molecule has 1 aromatic rings. The monoisotopic (exact) mass is 412 g/mol. The summed E-state index contributed by atoms with van der Waals surface area (Å²) in [5.41, 5.74) is 1.95. The van der Waals surface area contributed by atoms with E-state index in [1.54, 1.807) is 0 Å². The van der Waals surface area contributed by atoms with Crippen LogP contribution in [0.3, 0.4) is 0 Å². The van der Waals surface area contributed by atoms with Crippen LogP contribution in [0, 0.1) is 0 Å². The second-order valence-electron chi connectivity index (χ2n) is 9.47. The van der Waals surface area contributed by atoms with Crippen LogP contribution in [0.25, 0.3) is 0 Å². The molecule has 164 valence electrons. The zero-order chi connectivity index (χ0) is 21.1. The molecule has 2 aliphatic heterocycles. The molecule has 0 aromatic heterocycles. The highest BCUT2D eigenvalue weighted by molar-refractivity contribution is 5.94. The topological polar surface area (TPSA) is 55.9 Å². The lowest BCUT2D eigenvalue weighted by atomic mass is 9.91. The molecule has 1 aliphatic carbocycles. The first-order chi connectivity index (χ1) is 14.5. The molecule has 0 bridgehead atoms. The molecule has 1 N–H and O–H groups in total. The number of hydrogen-bond acceptors (Lipinski definition) is 4. The predicted octanol–water partition coefficient (Wildman–Crippen LogP) is 2.31. The minimum atomic E-state index is -0.0180. The molecule has 0 radical (unpaired) electrons. The second kappa shape index (κ2) is 9.48. The van der Waals surface area contributed by atoms with Gasteiger partial charge in [0.2, 0.25) is 5.91 Å². The van der Waals surface area contributed by atoms with Crippen molar-refractivity contribution in [3.05, 3.63) is 35.4 Å². The molecule has 1 aromatic carbocycles. The SMILES string of the molecule is CC(C)c1ccc(C(=O)NC2CCN(CC(=O)N3CCN(C4CCC4)CC3)C2)cc1. The molecule has 30 heavy (non-hydrogen) atoms. The van der Waals surface area contributed by atoms with Crippen molar-refractivity contribution in [2.24, 2.45) is 0 Å². The van der Waals surface area contributed by atoms with Crippen molar-refractivity contribution >= 4 is 11.8 Å². The molecule has 6 nitrogen and oxygen atoms in total. The van der Waals surface area contributed by atoms with Gasteiger partial charge in [-0.15, -0.1) is 0 Å². The molecular formula is C24H36N4O2. The van der Waals surface area contributed by atoms with E-state index in [4.69, 9.17) is 0 Å². The van der Waals surface area contributed by atoms with E-state index in [1.165, 1.54) is 24.8 Å². The Morgan fingerprint density at radius 3 is 2.30 bits per heavy atom. The van der Waals surface area contributed by atoms with Crippen molar-refractivity contribution in [3.63, 3.8) is 0 Å². The predicted molar refractivity (Wildman–Crippen MR) is 119 cm³/mol. The number of nitrogens with zero attached hydrogens (tertiary/aromatic N) is 3. The van der Waals surface area contributed by atoms with Gasteiger partial charge in [-0.25, -0.2) is 0 Å². The maximum absolute atomic E-state index is 12.7. The number of carbonyl (C=O) groups excluding carboxylic acids is 2. The summed E-state index contributed by atoms with van der Waals surface area (Å²) in [6.07, 6.45) is 4.92. The number of amides is 2. The largest absolute Gasteiger partial charge is 0.348 e. The maximum atomic E-state index is 12.7. The summed E-state index contributed by atoms with van der Waals surface area (Å²) in [6.45, 7) is 10.1. The zero-order valence-corrected chi connectivity index (χ0v) is 18.5. The first-order valence-electron chi connectivity index (χ1n) is 11.6. The third-order valence-electron chi connectivity index (χ3n) is 7.06. The van der Waals surface area contributed by atoms with Gasteiger partial charge in [-0.05, 0) is 42.9 Å². The summed E-state index contributed by atoms with van der Waals surface area (Å²) < 4.78 is 0. The summed E-state index contributed by atoms with van der Waals surface area (Å²) in [4.78, 5) is 32.1. The summed E-state index contributed by atoms with van der Waals surface area (Å²) in [5.74, 6) is 0.680. The van der Waals surface area contributed by atoms with Crippen LogP contribution in [0.2, 0.25) is 0 Å². The van der Waals surface area contributed by atoms with Gasteiger partial charge < -0.3 is 10.2 Å². The quantitative estimate of drug-likeness (QED) is 0.779. The summed E-state index contributed by atoms with van der Waals surface area (Å²) in [6, 6.07) is 8.76. The van der Waals surface area contributed by atoms with E-state index in [0.717, 1.165) is 51.7 Å². The van der Waals surface area contributed by atoms with E-state index < -0.39 is 0 Å². The van der Waals surface area contributed by atoms with Crippen LogP contribution in [0.1, 0.15) is 61.4 Å². The Morgan fingerprint density at radius 1 is 1.00 bits per heavy atom. The van der Waals surface area contributed by atoms with Crippen molar-refractivity contribution in [2.75, 3.05) is 45.8 Å². The standard InChI is InChI=1S/C24H36N4O2/c1-18(2)19-6-8-20(9-7-19)24(30)25-21-10-11-26(16-21)17-23(29)28-14-12-27(13-15-28)22-4-3-5-22/h6-9,18,21-22H,3-5,10-17H2,1-2H3,(H,25,30). The molecule has 2 amide bonds. The molecule has 1 saturated carbocycles. The van der Waals surface area contributed by atoms with E-state index in [9.17, 15) is 9.59 Å². The molecule has 6 heteroatoms. The van der Waals surface area contributed by atoms with E-state index >= 15 is 0 Å². The highest BCUT2D eigenvalue weighted by atomic mass is 16.2. The molecule has 2 heterocycles. The van der Waals surface area contributed by atoms with Gasteiger partial charge in [0.25, 0.3) is 5.91 Å². The Kier molecular flexibility index (Phi) is 6.74. The fourth-order valence-electron chi connectivity index (χ4n) is 4.76. The van der Waals surface area contributed by atoms with E-state index in [0.29, 0.717) is 18.0 Å². The summed E-state index contributed by atoms with van der Waals surface area (Å²) >= 11 is 0. The van der Waals surface area contributed by atoms with Crippen molar-refractivity contribution in [1.29, 1.82) is 0 Å². The third kappa shape index (κ3) is 5.03. The number of piperazine rings is 1. The van der Waals surface area contributed by atoms with Gasteiger partial charge >= 0.3 is 0 Å². The van der Waals surface area contributed by atoms with Crippen LogP contribution in [-0.2, 0) is 4.79 Å².